The zero-order valence-corrected chi connectivity index (χ0v) is 12.1. The lowest BCUT2D eigenvalue weighted by Gasteiger charge is -2.01. The first-order chi connectivity index (χ1) is 9.70. The van der Waals surface area contributed by atoms with Crippen LogP contribution in [0.2, 0.25) is 0 Å². The number of H-pyrrole nitrogens is 1. The quantitative estimate of drug-likeness (QED) is 0.713. The minimum absolute atomic E-state index is 0.286. The molecule has 4 rings (SSSR count). The van der Waals surface area contributed by atoms with E-state index in [4.69, 9.17) is 0 Å². The molecule has 3 nitrogen and oxygen atoms in total. The number of benzene rings is 2. The summed E-state index contributed by atoms with van der Waals surface area (Å²) in [6.45, 7) is 1.82. The van der Waals surface area contributed by atoms with Crippen molar-refractivity contribution < 1.29 is 4.39 Å². The Morgan fingerprint density at radius 1 is 1.10 bits per heavy atom. The average Bonchev–Trinajstić information content (AvgIpc) is 3.04. The molecule has 0 fully saturated rings. The van der Waals surface area contributed by atoms with Crippen molar-refractivity contribution in [1.29, 1.82) is 0 Å². The SMILES string of the molecule is Fc1cc2[nH]c(-c3ccc4c(c3)CNC4)nc2cc1Br. The van der Waals surface area contributed by atoms with E-state index in [1.54, 1.807) is 6.07 Å². The van der Waals surface area contributed by atoms with Crippen LogP contribution in [0.25, 0.3) is 22.4 Å². The second-order valence-electron chi connectivity index (χ2n) is 4.96. The summed E-state index contributed by atoms with van der Waals surface area (Å²) in [5, 5.41) is 3.32. The van der Waals surface area contributed by atoms with Crippen LogP contribution in [0.1, 0.15) is 11.1 Å². The van der Waals surface area contributed by atoms with Gasteiger partial charge in [-0.25, -0.2) is 9.37 Å². The Hall–Kier alpha value is -1.72. The Labute approximate surface area is 123 Å². The first-order valence-electron chi connectivity index (χ1n) is 6.38. The number of fused-ring (bicyclic) bond motifs is 2. The molecule has 1 aliphatic rings. The number of aromatic amines is 1. The number of rotatable bonds is 1. The Bertz CT molecular complexity index is 786. The van der Waals surface area contributed by atoms with Gasteiger partial charge < -0.3 is 10.3 Å². The fourth-order valence-corrected chi connectivity index (χ4v) is 2.92. The van der Waals surface area contributed by atoms with E-state index in [9.17, 15) is 4.39 Å². The lowest BCUT2D eigenvalue weighted by atomic mass is 10.1. The fraction of sp³-hybridized carbons (Fsp3) is 0.133. The van der Waals surface area contributed by atoms with Gasteiger partial charge >= 0.3 is 0 Å². The van der Waals surface area contributed by atoms with Crippen LogP contribution in [-0.2, 0) is 13.1 Å². The van der Waals surface area contributed by atoms with Gasteiger partial charge in [0.15, 0.2) is 0 Å². The topological polar surface area (TPSA) is 40.7 Å². The van der Waals surface area contributed by atoms with Gasteiger partial charge in [0.05, 0.1) is 15.5 Å². The van der Waals surface area contributed by atoms with E-state index < -0.39 is 0 Å². The molecule has 5 heteroatoms. The molecule has 3 aromatic rings. The molecule has 100 valence electrons. The van der Waals surface area contributed by atoms with Crippen LogP contribution in [0.5, 0.6) is 0 Å². The third kappa shape index (κ3) is 1.85. The Balaban J connectivity index is 1.86. The average molecular weight is 332 g/mol. The molecule has 2 aromatic carbocycles. The summed E-state index contributed by atoms with van der Waals surface area (Å²) in [5.74, 6) is 0.484. The van der Waals surface area contributed by atoms with E-state index in [0.29, 0.717) is 9.99 Å². The van der Waals surface area contributed by atoms with Crippen LogP contribution >= 0.6 is 15.9 Å². The highest BCUT2D eigenvalue weighted by Gasteiger charge is 2.13. The molecule has 0 saturated carbocycles. The number of aromatic nitrogens is 2. The van der Waals surface area contributed by atoms with Gasteiger partial charge in [-0.1, -0.05) is 12.1 Å². The number of halogens is 2. The van der Waals surface area contributed by atoms with Crippen molar-refractivity contribution in [3.63, 3.8) is 0 Å². The molecule has 0 aliphatic carbocycles. The molecule has 0 atom stereocenters. The van der Waals surface area contributed by atoms with Gasteiger partial charge in [-0.05, 0) is 39.2 Å². The van der Waals surface area contributed by atoms with Crippen LogP contribution < -0.4 is 5.32 Å². The summed E-state index contributed by atoms with van der Waals surface area (Å²) in [5.41, 5.74) is 5.13. The maximum atomic E-state index is 13.5. The molecule has 0 spiro atoms. The van der Waals surface area contributed by atoms with E-state index in [1.807, 2.05) is 0 Å². The minimum Gasteiger partial charge on any atom is -0.338 e. The van der Waals surface area contributed by atoms with Gasteiger partial charge in [-0.15, -0.1) is 0 Å². The van der Waals surface area contributed by atoms with Crippen molar-refractivity contribution in [3.8, 4) is 11.4 Å². The summed E-state index contributed by atoms with van der Waals surface area (Å²) in [4.78, 5) is 7.72. The van der Waals surface area contributed by atoms with E-state index in [0.717, 1.165) is 30.0 Å². The van der Waals surface area contributed by atoms with Crippen LogP contribution in [0.4, 0.5) is 4.39 Å². The van der Waals surface area contributed by atoms with E-state index in [1.165, 1.54) is 17.2 Å². The van der Waals surface area contributed by atoms with Gasteiger partial charge in [0.1, 0.15) is 11.6 Å². The Morgan fingerprint density at radius 2 is 1.95 bits per heavy atom. The predicted octanol–water partition coefficient (Wildman–Crippen LogP) is 3.73. The molecular formula is C15H11BrFN3. The molecule has 1 aromatic heterocycles. The molecule has 2 heterocycles. The Kier molecular flexibility index (Phi) is 2.65. The number of hydrogen-bond donors (Lipinski definition) is 2. The maximum Gasteiger partial charge on any atom is 0.139 e. The third-order valence-corrected chi connectivity index (χ3v) is 4.24. The largest absolute Gasteiger partial charge is 0.338 e. The standard InChI is InChI=1S/C15H11BrFN3/c16-11-4-13-14(5-12(11)17)20-15(19-13)8-1-2-9-6-18-7-10(9)3-8/h1-5,18H,6-7H2,(H,19,20). The van der Waals surface area contributed by atoms with Gasteiger partial charge in [0, 0.05) is 24.7 Å². The summed E-state index contributed by atoms with van der Waals surface area (Å²) < 4.78 is 14.0. The summed E-state index contributed by atoms with van der Waals surface area (Å²) in [6, 6.07) is 9.46. The first-order valence-corrected chi connectivity index (χ1v) is 7.18. The number of nitrogens with one attached hydrogen (secondary N) is 2. The zero-order valence-electron chi connectivity index (χ0n) is 10.5. The van der Waals surface area contributed by atoms with Crippen molar-refractivity contribution in [2.75, 3.05) is 0 Å². The van der Waals surface area contributed by atoms with Crippen molar-refractivity contribution in [2.24, 2.45) is 0 Å². The number of imidazole rings is 1. The highest BCUT2D eigenvalue weighted by Crippen LogP contribution is 2.27. The second kappa shape index (κ2) is 4.40. The normalized spacial score (nSPS) is 13.9. The molecule has 0 bridgehead atoms. The summed E-state index contributed by atoms with van der Waals surface area (Å²) >= 11 is 3.19. The highest BCUT2D eigenvalue weighted by atomic mass is 79.9. The minimum atomic E-state index is -0.286. The Morgan fingerprint density at radius 3 is 2.85 bits per heavy atom. The highest BCUT2D eigenvalue weighted by molar-refractivity contribution is 9.10. The summed E-state index contributed by atoms with van der Waals surface area (Å²) in [7, 11) is 0. The zero-order chi connectivity index (χ0) is 13.7. The molecule has 20 heavy (non-hydrogen) atoms. The lowest BCUT2D eigenvalue weighted by Crippen LogP contribution is -1.99. The number of hydrogen-bond acceptors (Lipinski definition) is 2. The molecule has 0 amide bonds. The molecular weight excluding hydrogens is 321 g/mol. The van der Waals surface area contributed by atoms with Crippen LogP contribution in [0, 0.1) is 5.82 Å². The van der Waals surface area contributed by atoms with Gasteiger partial charge in [0.25, 0.3) is 0 Å². The first kappa shape index (κ1) is 12.1. The molecule has 0 unspecified atom stereocenters. The smallest absolute Gasteiger partial charge is 0.139 e. The van der Waals surface area contributed by atoms with E-state index in [2.05, 4.69) is 49.4 Å². The van der Waals surface area contributed by atoms with Crippen LogP contribution in [0.3, 0.4) is 0 Å². The van der Waals surface area contributed by atoms with Gasteiger partial charge in [0.2, 0.25) is 0 Å². The molecule has 0 saturated heterocycles. The van der Waals surface area contributed by atoms with Crippen molar-refractivity contribution >= 4 is 27.0 Å². The van der Waals surface area contributed by atoms with Crippen molar-refractivity contribution in [3.05, 3.63) is 51.7 Å². The summed E-state index contributed by atoms with van der Waals surface area (Å²) in [6.07, 6.45) is 0. The monoisotopic (exact) mass is 331 g/mol. The predicted molar refractivity (Wildman–Crippen MR) is 79.7 cm³/mol. The molecule has 2 N–H and O–H groups in total. The maximum absolute atomic E-state index is 13.5. The van der Waals surface area contributed by atoms with Crippen LogP contribution in [0.15, 0.2) is 34.8 Å². The second-order valence-corrected chi connectivity index (χ2v) is 5.81. The lowest BCUT2D eigenvalue weighted by molar-refractivity contribution is 0.623. The third-order valence-electron chi connectivity index (χ3n) is 3.63. The van der Waals surface area contributed by atoms with Crippen LogP contribution in [-0.4, -0.2) is 9.97 Å². The van der Waals surface area contributed by atoms with Crippen molar-refractivity contribution in [2.45, 2.75) is 13.1 Å². The number of nitrogens with zero attached hydrogens (tertiary/aromatic N) is 1. The molecule has 1 aliphatic heterocycles. The fourth-order valence-electron chi connectivity index (χ4n) is 2.58. The molecule has 0 radical (unpaired) electrons. The van der Waals surface area contributed by atoms with E-state index >= 15 is 0 Å². The van der Waals surface area contributed by atoms with E-state index in [-0.39, 0.29) is 5.82 Å². The van der Waals surface area contributed by atoms with Gasteiger partial charge in [-0.2, -0.15) is 0 Å². The van der Waals surface area contributed by atoms with Crippen molar-refractivity contribution in [1.82, 2.24) is 15.3 Å². The van der Waals surface area contributed by atoms with Gasteiger partial charge in [-0.3, -0.25) is 0 Å².